The highest BCUT2D eigenvalue weighted by molar-refractivity contribution is 6.03. The van der Waals surface area contributed by atoms with E-state index in [1.54, 1.807) is 4.90 Å². The number of rotatable bonds is 6. The third-order valence-corrected chi connectivity index (χ3v) is 4.34. The predicted octanol–water partition coefficient (Wildman–Crippen LogP) is 1.52. The number of carboxylic acids is 1. The van der Waals surface area contributed by atoms with E-state index in [9.17, 15) is 14.4 Å². The van der Waals surface area contributed by atoms with Gasteiger partial charge in [0, 0.05) is 30.9 Å². The van der Waals surface area contributed by atoms with Crippen LogP contribution in [0.4, 0.5) is 11.5 Å². The van der Waals surface area contributed by atoms with Crippen molar-refractivity contribution in [1.82, 2.24) is 9.78 Å². The molecule has 0 spiro atoms. The predicted molar refractivity (Wildman–Crippen MR) is 94.8 cm³/mol. The maximum Gasteiger partial charge on any atom is 0.325 e. The fourth-order valence-electron chi connectivity index (χ4n) is 2.93. The molecular weight excluding hydrogens is 336 g/mol. The summed E-state index contributed by atoms with van der Waals surface area (Å²) < 4.78 is 1.22. The highest BCUT2D eigenvalue weighted by Crippen LogP contribution is 2.26. The number of aryl methyl sites for hydroxylation is 1. The van der Waals surface area contributed by atoms with Gasteiger partial charge in [0.1, 0.15) is 6.54 Å². The molecule has 2 amide bonds. The molecule has 2 aromatic rings. The maximum atomic E-state index is 12.4. The van der Waals surface area contributed by atoms with Gasteiger partial charge in [0.05, 0.1) is 5.92 Å². The Morgan fingerprint density at radius 3 is 2.65 bits per heavy atom. The fraction of sp³-hybridized carbons (Fsp3) is 0.333. The molecule has 1 aromatic heterocycles. The van der Waals surface area contributed by atoms with E-state index in [1.165, 1.54) is 22.5 Å². The van der Waals surface area contributed by atoms with E-state index in [-0.39, 0.29) is 30.6 Å². The molecule has 0 aliphatic carbocycles. The Hall–Kier alpha value is -3.16. The Kier molecular flexibility index (Phi) is 5.01. The Morgan fingerprint density at radius 1 is 1.27 bits per heavy atom. The quantitative estimate of drug-likeness (QED) is 0.817. The number of nitrogens with one attached hydrogen (secondary N) is 1. The van der Waals surface area contributed by atoms with Crippen molar-refractivity contribution in [2.75, 3.05) is 16.8 Å². The minimum atomic E-state index is -1.02. The van der Waals surface area contributed by atoms with Crippen LogP contribution in [-0.4, -0.2) is 39.2 Å². The summed E-state index contributed by atoms with van der Waals surface area (Å²) in [6.07, 6.45) is 2.54. The molecule has 8 nitrogen and oxygen atoms in total. The third kappa shape index (κ3) is 3.90. The smallest absolute Gasteiger partial charge is 0.325 e. The summed E-state index contributed by atoms with van der Waals surface area (Å²) in [5.74, 6) is -1.61. The van der Waals surface area contributed by atoms with Crippen molar-refractivity contribution in [3.8, 4) is 0 Å². The Morgan fingerprint density at radius 2 is 2.00 bits per heavy atom. The van der Waals surface area contributed by atoms with Crippen LogP contribution in [0.2, 0.25) is 0 Å². The summed E-state index contributed by atoms with van der Waals surface area (Å²) in [6, 6.07) is 9.27. The molecule has 8 heteroatoms. The molecule has 1 unspecified atom stereocenters. The van der Waals surface area contributed by atoms with Gasteiger partial charge in [0.2, 0.25) is 11.8 Å². The van der Waals surface area contributed by atoms with Crippen LogP contribution in [-0.2, 0) is 27.3 Å². The first-order valence-corrected chi connectivity index (χ1v) is 8.41. The van der Waals surface area contributed by atoms with Crippen LogP contribution in [0, 0.1) is 5.92 Å². The van der Waals surface area contributed by atoms with E-state index in [4.69, 9.17) is 5.11 Å². The van der Waals surface area contributed by atoms with Crippen molar-refractivity contribution in [2.45, 2.75) is 26.3 Å². The van der Waals surface area contributed by atoms with E-state index >= 15 is 0 Å². The van der Waals surface area contributed by atoms with Gasteiger partial charge in [-0.15, -0.1) is 0 Å². The summed E-state index contributed by atoms with van der Waals surface area (Å²) in [6.45, 7) is 2.10. The number of amides is 2. The summed E-state index contributed by atoms with van der Waals surface area (Å²) in [7, 11) is 0. The molecule has 0 bridgehead atoms. The molecule has 1 aromatic carbocycles. The lowest BCUT2D eigenvalue weighted by Crippen LogP contribution is -2.28. The van der Waals surface area contributed by atoms with E-state index in [0.717, 1.165) is 12.1 Å². The van der Waals surface area contributed by atoms with Crippen LogP contribution in [0.25, 0.3) is 0 Å². The zero-order chi connectivity index (χ0) is 18.7. The largest absolute Gasteiger partial charge is 0.480 e. The van der Waals surface area contributed by atoms with Gasteiger partial charge >= 0.3 is 5.97 Å². The van der Waals surface area contributed by atoms with Crippen molar-refractivity contribution in [3.05, 3.63) is 42.1 Å². The molecule has 1 aliphatic heterocycles. The average Bonchev–Trinajstić information content (AvgIpc) is 3.21. The maximum absolute atomic E-state index is 12.4. The second-order valence-corrected chi connectivity index (χ2v) is 6.21. The van der Waals surface area contributed by atoms with Crippen molar-refractivity contribution < 1.29 is 19.5 Å². The molecule has 1 fully saturated rings. The number of hydrogen-bond acceptors (Lipinski definition) is 4. The first kappa shape index (κ1) is 17.7. The number of nitrogens with zero attached hydrogens (tertiary/aromatic N) is 3. The minimum absolute atomic E-state index is 0.0918. The number of hydrogen-bond donors (Lipinski definition) is 2. The molecule has 1 atom stereocenters. The van der Waals surface area contributed by atoms with Crippen LogP contribution in [0.1, 0.15) is 18.9 Å². The van der Waals surface area contributed by atoms with Crippen LogP contribution in [0.3, 0.4) is 0 Å². The molecular formula is C18H20N4O4. The molecule has 2 heterocycles. The summed E-state index contributed by atoms with van der Waals surface area (Å²) in [4.78, 5) is 37.0. The van der Waals surface area contributed by atoms with Crippen molar-refractivity contribution >= 4 is 29.3 Å². The molecule has 0 radical (unpaired) electrons. The highest BCUT2D eigenvalue weighted by atomic mass is 16.4. The lowest BCUT2D eigenvalue weighted by Gasteiger charge is -2.17. The zero-order valence-corrected chi connectivity index (χ0v) is 14.4. The van der Waals surface area contributed by atoms with Crippen LogP contribution < -0.4 is 10.2 Å². The second-order valence-electron chi connectivity index (χ2n) is 6.21. The number of benzene rings is 1. The number of carbonyl (C=O) groups excluding carboxylic acids is 2. The molecule has 26 heavy (non-hydrogen) atoms. The lowest BCUT2D eigenvalue weighted by atomic mass is 10.1. The molecule has 136 valence electrons. The Labute approximate surface area is 150 Å². The molecule has 2 N–H and O–H groups in total. The van der Waals surface area contributed by atoms with E-state index in [1.807, 2.05) is 24.3 Å². The number of carboxylic acid groups (broad SMARTS) is 1. The highest BCUT2D eigenvalue weighted by Gasteiger charge is 2.35. The summed E-state index contributed by atoms with van der Waals surface area (Å²) >= 11 is 0. The van der Waals surface area contributed by atoms with Gasteiger partial charge in [0.25, 0.3) is 0 Å². The summed E-state index contributed by atoms with van der Waals surface area (Å²) in [5, 5.41) is 15.4. The number of carbonyl (C=O) groups is 3. The lowest BCUT2D eigenvalue weighted by molar-refractivity contribution is -0.137. The minimum Gasteiger partial charge on any atom is -0.480 e. The van der Waals surface area contributed by atoms with Crippen LogP contribution >= 0.6 is 0 Å². The number of aliphatic carboxylic acids is 1. The Bertz CT molecular complexity index is 828. The van der Waals surface area contributed by atoms with Gasteiger partial charge in [-0.25, -0.2) is 0 Å². The number of anilines is 2. The molecule has 3 rings (SSSR count). The van der Waals surface area contributed by atoms with Gasteiger partial charge < -0.3 is 15.3 Å². The van der Waals surface area contributed by atoms with E-state index in [2.05, 4.69) is 17.3 Å². The van der Waals surface area contributed by atoms with Crippen molar-refractivity contribution in [3.63, 3.8) is 0 Å². The topological polar surface area (TPSA) is 105 Å². The SMILES string of the molecule is CCc1ccc(N2CC(C(=O)Nc3ccn(CC(=O)O)n3)CC2=O)cc1. The first-order chi connectivity index (χ1) is 12.5. The van der Waals surface area contributed by atoms with Gasteiger partial charge in [-0.2, -0.15) is 5.10 Å². The van der Waals surface area contributed by atoms with Crippen molar-refractivity contribution in [2.24, 2.45) is 5.92 Å². The zero-order valence-electron chi connectivity index (χ0n) is 14.4. The summed E-state index contributed by atoms with van der Waals surface area (Å²) in [5.41, 5.74) is 1.97. The molecule has 1 saturated heterocycles. The Balaban J connectivity index is 1.63. The van der Waals surface area contributed by atoms with Gasteiger partial charge in [-0.05, 0) is 24.1 Å². The standard InChI is InChI=1S/C18H20N4O4/c1-2-12-3-5-14(6-4-12)22-10-13(9-16(22)23)18(26)19-15-7-8-21(20-15)11-17(24)25/h3-8,13H,2,9-11H2,1H3,(H,24,25)(H,19,20,26). The third-order valence-electron chi connectivity index (χ3n) is 4.34. The number of aromatic nitrogens is 2. The van der Waals surface area contributed by atoms with Crippen molar-refractivity contribution in [1.29, 1.82) is 0 Å². The van der Waals surface area contributed by atoms with Crippen LogP contribution in [0.15, 0.2) is 36.5 Å². The second kappa shape index (κ2) is 7.38. The molecule has 1 aliphatic rings. The van der Waals surface area contributed by atoms with Gasteiger partial charge in [0.15, 0.2) is 5.82 Å². The molecule has 0 saturated carbocycles. The van der Waals surface area contributed by atoms with Gasteiger partial charge in [-0.1, -0.05) is 19.1 Å². The normalized spacial score (nSPS) is 16.7. The monoisotopic (exact) mass is 356 g/mol. The van der Waals surface area contributed by atoms with E-state index in [0.29, 0.717) is 6.54 Å². The first-order valence-electron chi connectivity index (χ1n) is 8.41. The van der Waals surface area contributed by atoms with Crippen LogP contribution in [0.5, 0.6) is 0 Å². The van der Waals surface area contributed by atoms with Gasteiger partial charge in [-0.3, -0.25) is 19.1 Å². The average molecular weight is 356 g/mol. The van der Waals surface area contributed by atoms with E-state index < -0.39 is 11.9 Å². The fourth-order valence-corrected chi connectivity index (χ4v) is 2.93.